The zero-order valence-electron chi connectivity index (χ0n) is 7.02. The van der Waals surface area contributed by atoms with Gasteiger partial charge in [-0.25, -0.2) is 4.79 Å². The Morgan fingerprint density at radius 1 is 1.50 bits per heavy atom. The first kappa shape index (κ1) is 8.99. The van der Waals surface area contributed by atoms with E-state index in [1.54, 1.807) is 0 Å². The molecule has 12 heavy (non-hydrogen) atoms. The van der Waals surface area contributed by atoms with Crippen molar-refractivity contribution in [1.82, 2.24) is 10.6 Å². The molecule has 68 valence electrons. The average molecular weight is 171 g/mol. The highest BCUT2D eigenvalue weighted by atomic mass is 16.2. The Bertz CT molecular complexity index is 211. The lowest BCUT2D eigenvalue weighted by Gasteiger charge is -2.09. The predicted molar refractivity (Wildman–Crippen MR) is 43.4 cm³/mol. The van der Waals surface area contributed by atoms with E-state index >= 15 is 0 Å². The molecule has 0 aromatic heterocycles. The van der Waals surface area contributed by atoms with Crippen LogP contribution >= 0.6 is 0 Å². The minimum atomic E-state index is -0.803. The van der Waals surface area contributed by atoms with Crippen molar-refractivity contribution in [2.45, 2.75) is 25.3 Å². The van der Waals surface area contributed by atoms with Crippen molar-refractivity contribution < 1.29 is 9.59 Å². The maximum atomic E-state index is 10.9. The van der Waals surface area contributed by atoms with Crippen LogP contribution < -0.4 is 16.4 Å². The van der Waals surface area contributed by atoms with E-state index in [0.717, 1.165) is 12.8 Å². The average Bonchev–Trinajstić information content (AvgIpc) is 2.64. The molecule has 0 unspecified atom stereocenters. The lowest BCUT2D eigenvalue weighted by Crippen LogP contribution is -2.43. The second kappa shape index (κ2) is 3.10. The molecule has 5 heteroatoms. The van der Waals surface area contributed by atoms with Crippen LogP contribution in [0.1, 0.15) is 19.8 Å². The number of rotatable bonds is 3. The summed E-state index contributed by atoms with van der Waals surface area (Å²) in [6, 6.07) is -0.803. The molecule has 0 heterocycles. The van der Waals surface area contributed by atoms with Gasteiger partial charge < -0.3 is 11.1 Å². The quantitative estimate of drug-likeness (QED) is 0.526. The van der Waals surface area contributed by atoms with Gasteiger partial charge in [0.05, 0.1) is 6.54 Å². The van der Waals surface area contributed by atoms with Crippen molar-refractivity contribution in [2.75, 3.05) is 6.54 Å². The van der Waals surface area contributed by atoms with Gasteiger partial charge in [-0.1, -0.05) is 0 Å². The number of urea groups is 1. The summed E-state index contributed by atoms with van der Waals surface area (Å²) < 4.78 is 0. The second-order valence-corrected chi connectivity index (χ2v) is 3.33. The standard InChI is InChI=1S/C7H13N3O2/c1-7(2-3-7)9-4-5(11)10-6(8)12/h9H,2-4H2,1H3,(H3,8,10,11,12). The first-order valence-corrected chi connectivity index (χ1v) is 3.86. The molecule has 0 saturated heterocycles. The highest BCUT2D eigenvalue weighted by Gasteiger charge is 2.36. The minimum Gasteiger partial charge on any atom is -0.351 e. The van der Waals surface area contributed by atoms with E-state index in [1.807, 2.05) is 12.2 Å². The topological polar surface area (TPSA) is 84.2 Å². The molecule has 3 amide bonds. The van der Waals surface area contributed by atoms with Gasteiger partial charge >= 0.3 is 6.03 Å². The lowest BCUT2D eigenvalue weighted by atomic mass is 10.3. The Morgan fingerprint density at radius 3 is 2.50 bits per heavy atom. The largest absolute Gasteiger partial charge is 0.351 e. The number of primary amides is 1. The van der Waals surface area contributed by atoms with Gasteiger partial charge in [-0.2, -0.15) is 0 Å². The van der Waals surface area contributed by atoms with Gasteiger partial charge in [-0.15, -0.1) is 0 Å². The predicted octanol–water partition coefficient (Wildman–Crippen LogP) is -0.677. The minimum absolute atomic E-state index is 0.106. The molecule has 1 fully saturated rings. The number of carbonyl (C=O) groups is 2. The molecule has 1 aliphatic carbocycles. The van der Waals surface area contributed by atoms with Crippen molar-refractivity contribution in [3.63, 3.8) is 0 Å². The van der Waals surface area contributed by atoms with E-state index in [-0.39, 0.29) is 18.0 Å². The van der Waals surface area contributed by atoms with E-state index in [1.165, 1.54) is 0 Å². The number of nitrogens with one attached hydrogen (secondary N) is 2. The van der Waals surface area contributed by atoms with Gasteiger partial charge in [0.2, 0.25) is 5.91 Å². The molecule has 0 bridgehead atoms. The van der Waals surface area contributed by atoms with E-state index in [4.69, 9.17) is 5.73 Å². The highest BCUT2D eigenvalue weighted by molar-refractivity contribution is 5.94. The van der Waals surface area contributed by atoms with Gasteiger partial charge in [0, 0.05) is 5.54 Å². The summed E-state index contributed by atoms with van der Waals surface area (Å²) >= 11 is 0. The number of imide groups is 1. The van der Waals surface area contributed by atoms with E-state index in [0.29, 0.717) is 0 Å². The number of nitrogens with two attached hydrogens (primary N) is 1. The van der Waals surface area contributed by atoms with Gasteiger partial charge in [0.25, 0.3) is 0 Å². The molecule has 4 N–H and O–H groups in total. The molecule has 1 saturated carbocycles. The summed E-state index contributed by atoms with van der Waals surface area (Å²) in [5.74, 6) is -0.379. The maximum absolute atomic E-state index is 10.9. The molecule has 0 aromatic rings. The Kier molecular flexibility index (Phi) is 2.32. The molecular formula is C7H13N3O2. The zero-order valence-corrected chi connectivity index (χ0v) is 7.02. The van der Waals surface area contributed by atoms with Gasteiger partial charge in [0.15, 0.2) is 0 Å². The third-order valence-corrected chi connectivity index (χ3v) is 1.94. The van der Waals surface area contributed by atoms with Crippen LogP contribution in [-0.2, 0) is 4.79 Å². The molecule has 5 nitrogen and oxygen atoms in total. The van der Waals surface area contributed by atoms with Crippen LogP contribution in [0.2, 0.25) is 0 Å². The van der Waals surface area contributed by atoms with Crippen molar-refractivity contribution >= 4 is 11.9 Å². The molecule has 1 rings (SSSR count). The molecule has 0 radical (unpaired) electrons. The Hall–Kier alpha value is -1.10. The third kappa shape index (κ3) is 2.87. The summed E-state index contributed by atoms with van der Waals surface area (Å²) in [4.78, 5) is 21.1. The van der Waals surface area contributed by atoms with Crippen LogP contribution in [0, 0.1) is 0 Å². The number of hydrogen-bond acceptors (Lipinski definition) is 3. The maximum Gasteiger partial charge on any atom is 0.318 e. The van der Waals surface area contributed by atoms with E-state index in [9.17, 15) is 9.59 Å². The summed E-state index contributed by atoms with van der Waals surface area (Å²) in [5, 5.41) is 5.00. The van der Waals surface area contributed by atoms with Crippen molar-refractivity contribution in [2.24, 2.45) is 5.73 Å². The van der Waals surface area contributed by atoms with Crippen LogP contribution in [0.4, 0.5) is 4.79 Å². The summed E-state index contributed by atoms with van der Waals surface area (Å²) in [6.07, 6.45) is 2.16. The van der Waals surface area contributed by atoms with E-state index in [2.05, 4.69) is 5.32 Å². The second-order valence-electron chi connectivity index (χ2n) is 3.33. The summed E-state index contributed by atoms with van der Waals surface area (Å²) in [7, 11) is 0. The Balaban J connectivity index is 2.14. The van der Waals surface area contributed by atoms with Crippen LogP contribution in [0.15, 0.2) is 0 Å². The fourth-order valence-electron chi connectivity index (χ4n) is 0.840. The fourth-order valence-corrected chi connectivity index (χ4v) is 0.840. The summed E-state index contributed by atoms with van der Waals surface area (Å²) in [5.41, 5.74) is 4.86. The van der Waals surface area contributed by atoms with E-state index < -0.39 is 6.03 Å². The van der Waals surface area contributed by atoms with Gasteiger partial charge in [0.1, 0.15) is 0 Å². The number of carbonyl (C=O) groups excluding carboxylic acids is 2. The van der Waals surface area contributed by atoms with Crippen molar-refractivity contribution in [3.05, 3.63) is 0 Å². The third-order valence-electron chi connectivity index (χ3n) is 1.94. The SMILES string of the molecule is CC1(NCC(=O)NC(N)=O)CC1. The molecule has 0 atom stereocenters. The van der Waals surface area contributed by atoms with Crippen LogP contribution in [0.5, 0.6) is 0 Å². The monoisotopic (exact) mass is 171 g/mol. The molecular weight excluding hydrogens is 158 g/mol. The van der Waals surface area contributed by atoms with Crippen LogP contribution in [0.25, 0.3) is 0 Å². The van der Waals surface area contributed by atoms with Crippen molar-refractivity contribution in [1.29, 1.82) is 0 Å². The smallest absolute Gasteiger partial charge is 0.318 e. The normalized spacial score (nSPS) is 18.4. The summed E-state index contributed by atoms with van der Waals surface area (Å²) in [6.45, 7) is 2.18. The molecule has 0 aromatic carbocycles. The van der Waals surface area contributed by atoms with Crippen LogP contribution in [0.3, 0.4) is 0 Å². The van der Waals surface area contributed by atoms with Gasteiger partial charge in [-0.05, 0) is 19.8 Å². The molecule has 0 aliphatic heterocycles. The first-order chi connectivity index (χ1) is 5.52. The number of amides is 3. The van der Waals surface area contributed by atoms with Crippen molar-refractivity contribution in [3.8, 4) is 0 Å². The van der Waals surface area contributed by atoms with Gasteiger partial charge in [-0.3, -0.25) is 10.1 Å². The van der Waals surface area contributed by atoms with Crippen LogP contribution in [-0.4, -0.2) is 24.0 Å². The Morgan fingerprint density at radius 2 is 2.08 bits per heavy atom. The lowest BCUT2D eigenvalue weighted by molar-refractivity contribution is -0.119. The highest BCUT2D eigenvalue weighted by Crippen LogP contribution is 2.33. The Labute approximate surface area is 70.7 Å². The number of hydrogen-bond donors (Lipinski definition) is 3. The zero-order chi connectivity index (χ0) is 9.19. The first-order valence-electron chi connectivity index (χ1n) is 3.86. The molecule has 1 aliphatic rings. The molecule has 0 spiro atoms. The fraction of sp³-hybridized carbons (Fsp3) is 0.714.